The maximum atomic E-state index is 5.33. The van der Waals surface area contributed by atoms with Crippen LogP contribution in [0.3, 0.4) is 0 Å². The predicted molar refractivity (Wildman–Crippen MR) is 90.3 cm³/mol. The summed E-state index contributed by atoms with van der Waals surface area (Å²) in [7, 11) is 0. The largest absolute Gasteiger partial charge is 0.362 e. The van der Waals surface area contributed by atoms with Gasteiger partial charge in [-0.25, -0.2) is 0 Å². The van der Waals surface area contributed by atoms with Crippen LogP contribution < -0.4 is 10.6 Å². The van der Waals surface area contributed by atoms with Crippen LogP contribution in [0.5, 0.6) is 0 Å². The number of aryl methyl sites for hydroxylation is 1. The lowest BCUT2D eigenvalue weighted by Crippen LogP contribution is -2.31. The van der Waals surface area contributed by atoms with Crippen LogP contribution >= 0.6 is 12.2 Å². The summed E-state index contributed by atoms with van der Waals surface area (Å²) in [5.41, 5.74) is 2.40. The van der Waals surface area contributed by atoms with Gasteiger partial charge in [0.05, 0.1) is 0 Å². The normalized spacial score (nSPS) is 15.2. The van der Waals surface area contributed by atoms with Crippen molar-refractivity contribution in [3.8, 4) is 0 Å². The van der Waals surface area contributed by atoms with E-state index in [1.807, 2.05) is 0 Å². The Bertz CT molecular complexity index is 427. The molecule has 110 valence electrons. The van der Waals surface area contributed by atoms with Crippen molar-refractivity contribution in [1.29, 1.82) is 0 Å². The number of rotatable bonds is 6. The molecular weight excluding hydrogens is 266 g/mol. The van der Waals surface area contributed by atoms with E-state index in [4.69, 9.17) is 12.2 Å². The molecule has 1 aliphatic rings. The van der Waals surface area contributed by atoms with Gasteiger partial charge >= 0.3 is 0 Å². The van der Waals surface area contributed by atoms with Crippen molar-refractivity contribution in [2.75, 3.05) is 31.5 Å². The molecule has 1 aromatic carbocycles. The molecule has 1 heterocycles. The van der Waals surface area contributed by atoms with Crippen LogP contribution in [0.2, 0.25) is 0 Å². The van der Waals surface area contributed by atoms with Crippen molar-refractivity contribution < 1.29 is 0 Å². The van der Waals surface area contributed by atoms with Crippen molar-refractivity contribution in [3.05, 3.63) is 29.8 Å². The third kappa shape index (κ3) is 5.10. The molecule has 1 fully saturated rings. The van der Waals surface area contributed by atoms with Crippen LogP contribution in [0.15, 0.2) is 24.3 Å². The van der Waals surface area contributed by atoms with Crippen LogP contribution in [-0.4, -0.2) is 36.2 Å². The summed E-state index contributed by atoms with van der Waals surface area (Å²) in [4.78, 5) is 2.53. The van der Waals surface area contributed by atoms with Crippen LogP contribution in [-0.2, 0) is 6.42 Å². The summed E-state index contributed by atoms with van der Waals surface area (Å²) in [6.45, 7) is 6.82. The van der Waals surface area contributed by atoms with E-state index in [0.29, 0.717) is 0 Å². The lowest BCUT2D eigenvalue weighted by Gasteiger charge is -2.15. The van der Waals surface area contributed by atoms with Gasteiger partial charge in [0.15, 0.2) is 5.11 Å². The van der Waals surface area contributed by atoms with E-state index in [-0.39, 0.29) is 0 Å². The Kier molecular flexibility index (Phi) is 6.27. The Labute approximate surface area is 127 Å². The maximum Gasteiger partial charge on any atom is 0.170 e. The fourth-order valence-corrected chi connectivity index (χ4v) is 2.78. The second-order valence-electron chi connectivity index (χ2n) is 5.34. The van der Waals surface area contributed by atoms with E-state index < -0.39 is 0 Å². The molecule has 4 heteroatoms. The highest BCUT2D eigenvalue weighted by Crippen LogP contribution is 2.11. The van der Waals surface area contributed by atoms with Crippen LogP contribution in [0, 0.1) is 0 Å². The zero-order chi connectivity index (χ0) is 14.2. The standard InChI is InChI=1S/C16H25N3S/c1-2-14-7-5-8-15(13-14)18-16(20)17-9-6-12-19-10-3-4-11-19/h5,7-8,13H,2-4,6,9-12H2,1H3,(H2,17,18,20). The Hall–Kier alpha value is -1.13. The zero-order valence-electron chi connectivity index (χ0n) is 12.3. The molecule has 0 unspecified atom stereocenters. The number of benzene rings is 1. The second kappa shape index (κ2) is 8.22. The first kappa shape index (κ1) is 15.3. The quantitative estimate of drug-likeness (QED) is 0.622. The topological polar surface area (TPSA) is 27.3 Å². The Morgan fingerprint density at radius 3 is 2.85 bits per heavy atom. The molecule has 1 aliphatic heterocycles. The van der Waals surface area contributed by atoms with Gasteiger partial charge in [0.1, 0.15) is 0 Å². The van der Waals surface area contributed by atoms with E-state index >= 15 is 0 Å². The minimum absolute atomic E-state index is 0.722. The van der Waals surface area contributed by atoms with Crippen molar-refractivity contribution in [2.45, 2.75) is 32.6 Å². The Morgan fingerprint density at radius 1 is 1.30 bits per heavy atom. The van der Waals surface area contributed by atoms with Gasteiger partial charge in [-0.15, -0.1) is 0 Å². The molecule has 1 saturated heterocycles. The first-order valence-corrected chi connectivity index (χ1v) is 8.05. The van der Waals surface area contributed by atoms with Gasteiger partial charge in [-0.05, 0) is 75.2 Å². The number of nitrogens with zero attached hydrogens (tertiary/aromatic N) is 1. The molecule has 0 bridgehead atoms. The first-order chi connectivity index (χ1) is 9.78. The van der Waals surface area contributed by atoms with Gasteiger partial charge < -0.3 is 15.5 Å². The second-order valence-corrected chi connectivity index (χ2v) is 5.75. The van der Waals surface area contributed by atoms with E-state index in [9.17, 15) is 0 Å². The van der Waals surface area contributed by atoms with Crippen LogP contribution in [0.25, 0.3) is 0 Å². The van der Waals surface area contributed by atoms with Gasteiger partial charge in [-0.3, -0.25) is 0 Å². The maximum absolute atomic E-state index is 5.33. The van der Waals surface area contributed by atoms with Crippen molar-refractivity contribution in [1.82, 2.24) is 10.2 Å². The number of anilines is 1. The van der Waals surface area contributed by atoms with Crippen molar-refractivity contribution >= 4 is 23.0 Å². The predicted octanol–water partition coefficient (Wildman–Crippen LogP) is 3.02. The number of thiocarbonyl (C=S) groups is 1. The summed E-state index contributed by atoms with van der Waals surface area (Å²) in [6, 6.07) is 8.41. The molecule has 2 rings (SSSR count). The highest BCUT2D eigenvalue weighted by Gasteiger charge is 2.10. The molecule has 20 heavy (non-hydrogen) atoms. The van der Waals surface area contributed by atoms with E-state index in [2.05, 4.69) is 46.7 Å². The molecular formula is C16H25N3S. The highest BCUT2D eigenvalue weighted by molar-refractivity contribution is 7.80. The minimum atomic E-state index is 0.722. The van der Waals surface area contributed by atoms with Gasteiger partial charge in [-0.1, -0.05) is 19.1 Å². The third-order valence-electron chi connectivity index (χ3n) is 3.73. The van der Waals surface area contributed by atoms with E-state index in [1.165, 1.54) is 38.0 Å². The molecule has 0 saturated carbocycles. The van der Waals surface area contributed by atoms with Crippen LogP contribution in [0.4, 0.5) is 5.69 Å². The molecule has 0 radical (unpaired) electrons. The third-order valence-corrected chi connectivity index (χ3v) is 3.97. The molecule has 0 aromatic heterocycles. The van der Waals surface area contributed by atoms with Gasteiger partial charge in [0.2, 0.25) is 0 Å². The summed E-state index contributed by atoms with van der Waals surface area (Å²) in [6.07, 6.45) is 4.92. The molecule has 0 amide bonds. The smallest absolute Gasteiger partial charge is 0.170 e. The zero-order valence-corrected chi connectivity index (χ0v) is 13.1. The van der Waals surface area contributed by atoms with E-state index in [0.717, 1.165) is 30.2 Å². The molecule has 0 spiro atoms. The summed E-state index contributed by atoms with van der Waals surface area (Å²) >= 11 is 5.33. The van der Waals surface area contributed by atoms with Crippen LogP contribution in [0.1, 0.15) is 31.7 Å². The molecule has 3 nitrogen and oxygen atoms in total. The Balaban J connectivity index is 1.64. The Morgan fingerprint density at radius 2 is 2.10 bits per heavy atom. The number of likely N-dealkylation sites (tertiary alicyclic amines) is 1. The van der Waals surface area contributed by atoms with Crippen molar-refractivity contribution in [3.63, 3.8) is 0 Å². The fourth-order valence-electron chi connectivity index (χ4n) is 2.56. The van der Waals surface area contributed by atoms with E-state index in [1.54, 1.807) is 0 Å². The molecule has 1 aromatic rings. The lowest BCUT2D eigenvalue weighted by molar-refractivity contribution is 0.334. The summed E-state index contributed by atoms with van der Waals surface area (Å²) in [5, 5.41) is 7.26. The average Bonchev–Trinajstić information content (AvgIpc) is 2.97. The van der Waals surface area contributed by atoms with Gasteiger partial charge in [-0.2, -0.15) is 0 Å². The SMILES string of the molecule is CCc1cccc(NC(=S)NCCCN2CCCC2)c1. The number of hydrogen-bond donors (Lipinski definition) is 2. The highest BCUT2D eigenvalue weighted by atomic mass is 32.1. The number of nitrogens with one attached hydrogen (secondary N) is 2. The number of hydrogen-bond acceptors (Lipinski definition) is 2. The average molecular weight is 291 g/mol. The monoisotopic (exact) mass is 291 g/mol. The molecule has 0 atom stereocenters. The molecule has 2 N–H and O–H groups in total. The fraction of sp³-hybridized carbons (Fsp3) is 0.562. The molecule has 0 aliphatic carbocycles. The lowest BCUT2D eigenvalue weighted by atomic mass is 10.1. The summed E-state index contributed by atoms with van der Waals surface area (Å²) < 4.78 is 0. The summed E-state index contributed by atoms with van der Waals surface area (Å²) in [5.74, 6) is 0. The van der Waals surface area contributed by atoms with Gasteiger partial charge in [0, 0.05) is 12.2 Å². The van der Waals surface area contributed by atoms with Gasteiger partial charge in [0.25, 0.3) is 0 Å². The van der Waals surface area contributed by atoms with Crippen molar-refractivity contribution in [2.24, 2.45) is 0 Å². The minimum Gasteiger partial charge on any atom is -0.362 e. The first-order valence-electron chi connectivity index (χ1n) is 7.64.